The van der Waals surface area contributed by atoms with Crippen LogP contribution in [0.15, 0.2) is 144 Å². The lowest BCUT2D eigenvalue weighted by Crippen LogP contribution is -2.74. The molecule has 0 unspecified atom stereocenters. The van der Waals surface area contributed by atoms with E-state index in [1.165, 1.54) is 31.9 Å². The third-order valence-corrected chi connectivity index (χ3v) is 11.3. The minimum Gasteiger partial charge on any atom is -0.0623 e. The highest BCUT2D eigenvalue weighted by Crippen LogP contribution is 2.23. The number of hydrogen-bond acceptors (Lipinski definition) is 0. The van der Waals surface area contributed by atoms with Crippen molar-refractivity contribution in [2.45, 2.75) is 0 Å². The zero-order chi connectivity index (χ0) is 21.8. The van der Waals surface area contributed by atoms with Gasteiger partial charge in [0.05, 0.1) is 0 Å². The standard InChI is InChI=1S/C30H23BrSi/c31-26-14-10-12-24(22-26)25-13-11-21-30(23-25)32(27-15-4-1-5-16-27,28-17-6-2-7-18-28)29-19-8-3-9-20-29/h1-23H. The summed E-state index contributed by atoms with van der Waals surface area (Å²) >= 11 is 3.64. The average Bonchev–Trinajstić information content (AvgIpc) is 2.87. The lowest BCUT2D eigenvalue weighted by atomic mass is 10.1. The zero-order valence-electron chi connectivity index (χ0n) is 17.7. The van der Waals surface area contributed by atoms with E-state index in [-0.39, 0.29) is 0 Å². The van der Waals surface area contributed by atoms with Gasteiger partial charge in [-0.05, 0) is 44.0 Å². The average molecular weight is 492 g/mol. The van der Waals surface area contributed by atoms with Crippen LogP contribution in [0.5, 0.6) is 0 Å². The summed E-state index contributed by atoms with van der Waals surface area (Å²) in [5.41, 5.74) is 2.46. The van der Waals surface area contributed by atoms with E-state index in [0.717, 1.165) is 4.47 Å². The molecule has 0 heterocycles. The van der Waals surface area contributed by atoms with E-state index in [1.807, 2.05) is 0 Å². The first-order valence-electron chi connectivity index (χ1n) is 10.8. The summed E-state index contributed by atoms with van der Waals surface area (Å²) in [5.74, 6) is 0. The second-order valence-corrected chi connectivity index (χ2v) is 12.7. The molecule has 5 aromatic carbocycles. The van der Waals surface area contributed by atoms with Gasteiger partial charge in [-0.1, -0.05) is 143 Å². The Bertz CT molecular complexity index is 1220. The number of benzene rings is 5. The molecule has 0 fully saturated rings. The van der Waals surface area contributed by atoms with Crippen molar-refractivity contribution in [3.05, 3.63) is 144 Å². The Kier molecular flexibility index (Phi) is 5.89. The van der Waals surface area contributed by atoms with Gasteiger partial charge in [0.25, 0.3) is 0 Å². The van der Waals surface area contributed by atoms with E-state index in [4.69, 9.17) is 0 Å². The maximum absolute atomic E-state index is 3.64. The number of halogens is 1. The molecule has 0 N–H and O–H groups in total. The molecule has 5 aromatic rings. The molecule has 0 saturated heterocycles. The lowest BCUT2D eigenvalue weighted by molar-refractivity contribution is 1.60. The zero-order valence-corrected chi connectivity index (χ0v) is 20.2. The molecule has 0 atom stereocenters. The van der Waals surface area contributed by atoms with Gasteiger partial charge in [0.1, 0.15) is 0 Å². The Labute approximate surface area is 199 Å². The highest BCUT2D eigenvalue weighted by atomic mass is 79.9. The molecule has 0 spiro atoms. The van der Waals surface area contributed by atoms with Crippen LogP contribution in [0, 0.1) is 0 Å². The normalized spacial score (nSPS) is 11.3. The van der Waals surface area contributed by atoms with Crippen molar-refractivity contribution in [3.8, 4) is 11.1 Å². The van der Waals surface area contributed by atoms with Crippen LogP contribution in [0.3, 0.4) is 0 Å². The molecule has 0 aliphatic carbocycles. The summed E-state index contributed by atoms with van der Waals surface area (Å²) in [7, 11) is -2.49. The van der Waals surface area contributed by atoms with Gasteiger partial charge >= 0.3 is 0 Å². The fraction of sp³-hybridized carbons (Fsp3) is 0. The van der Waals surface area contributed by atoms with Crippen LogP contribution in [0.2, 0.25) is 0 Å². The molecule has 5 rings (SSSR count). The Morgan fingerprint density at radius 3 is 1.25 bits per heavy atom. The number of rotatable bonds is 5. The molecular formula is C30H23BrSi. The summed E-state index contributed by atoms with van der Waals surface area (Å²) in [6.45, 7) is 0. The Balaban J connectivity index is 1.85. The van der Waals surface area contributed by atoms with Crippen LogP contribution < -0.4 is 20.7 Å². The second kappa shape index (κ2) is 9.11. The molecule has 0 amide bonds. The van der Waals surface area contributed by atoms with Gasteiger partial charge in [0.15, 0.2) is 8.07 Å². The van der Waals surface area contributed by atoms with Gasteiger partial charge in [0.2, 0.25) is 0 Å². The fourth-order valence-corrected chi connectivity index (χ4v) is 9.86. The van der Waals surface area contributed by atoms with Crippen molar-refractivity contribution in [3.63, 3.8) is 0 Å². The molecule has 32 heavy (non-hydrogen) atoms. The maximum atomic E-state index is 3.64. The predicted octanol–water partition coefficient (Wildman–Crippen LogP) is 5.49. The van der Waals surface area contributed by atoms with E-state index >= 15 is 0 Å². The molecule has 0 bridgehead atoms. The van der Waals surface area contributed by atoms with Crippen molar-refractivity contribution in [1.82, 2.24) is 0 Å². The van der Waals surface area contributed by atoms with Crippen molar-refractivity contribution in [2.75, 3.05) is 0 Å². The van der Waals surface area contributed by atoms with Gasteiger partial charge in [0, 0.05) is 4.47 Å². The highest BCUT2D eigenvalue weighted by molar-refractivity contribution is 9.10. The summed E-state index contributed by atoms with van der Waals surface area (Å²) in [6.07, 6.45) is 0. The van der Waals surface area contributed by atoms with Crippen molar-refractivity contribution < 1.29 is 0 Å². The summed E-state index contributed by atoms with van der Waals surface area (Å²) in [4.78, 5) is 0. The molecule has 0 saturated carbocycles. The Morgan fingerprint density at radius 1 is 0.375 bits per heavy atom. The molecule has 0 nitrogen and oxygen atoms in total. The van der Waals surface area contributed by atoms with Crippen LogP contribution in [0.1, 0.15) is 0 Å². The molecular weight excluding hydrogens is 468 g/mol. The summed E-state index contributed by atoms with van der Waals surface area (Å²) in [6, 6.07) is 50.8. The van der Waals surface area contributed by atoms with Crippen LogP contribution in [-0.2, 0) is 0 Å². The Hall–Kier alpha value is -3.20. The Morgan fingerprint density at radius 2 is 0.781 bits per heavy atom. The summed E-state index contributed by atoms with van der Waals surface area (Å²) in [5, 5.41) is 5.56. The highest BCUT2D eigenvalue weighted by Gasteiger charge is 2.41. The van der Waals surface area contributed by atoms with Gasteiger partial charge in [-0.3, -0.25) is 0 Å². The van der Waals surface area contributed by atoms with Gasteiger partial charge in [-0.25, -0.2) is 0 Å². The third-order valence-electron chi connectivity index (χ3n) is 6.07. The number of hydrogen-bond donors (Lipinski definition) is 0. The van der Waals surface area contributed by atoms with Crippen molar-refractivity contribution >= 4 is 44.8 Å². The smallest absolute Gasteiger partial charge is 0.0623 e. The molecule has 0 aromatic heterocycles. The van der Waals surface area contributed by atoms with Gasteiger partial charge in [-0.2, -0.15) is 0 Å². The van der Waals surface area contributed by atoms with Crippen LogP contribution >= 0.6 is 15.9 Å². The topological polar surface area (TPSA) is 0 Å². The van der Waals surface area contributed by atoms with Crippen molar-refractivity contribution in [1.29, 1.82) is 0 Å². The van der Waals surface area contributed by atoms with E-state index in [0.29, 0.717) is 0 Å². The molecule has 0 aliphatic rings. The SMILES string of the molecule is Brc1cccc(-c2cccc([Si](c3ccccc3)(c3ccccc3)c3ccccc3)c2)c1. The van der Waals surface area contributed by atoms with E-state index in [9.17, 15) is 0 Å². The molecule has 154 valence electrons. The molecule has 2 heteroatoms. The maximum Gasteiger partial charge on any atom is 0.179 e. The van der Waals surface area contributed by atoms with E-state index in [2.05, 4.69) is 155 Å². The fourth-order valence-electron chi connectivity index (χ4n) is 4.66. The monoisotopic (exact) mass is 490 g/mol. The minimum absolute atomic E-state index is 1.10. The first kappa shape index (κ1) is 20.7. The van der Waals surface area contributed by atoms with E-state index in [1.54, 1.807) is 0 Å². The molecule has 0 radical (unpaired) electrons. The predicted molar refractivity (Wildman–Crippen MR) is 143 cm³/mol. The third kappa shape index (κ3) is 3.77. The first-order chi connectivity index (χ1) is 15.8. The minimum atomic E-state index is -2.49. The largest absolute Gasteiger partial charge is 0.179 e. The lowest BCUT2D eigenvalue weighted by Gasteiger charge is -2.34. The van der Waals surface area contributed by atoms with Crippen LogP contribution in [0.4, 0.5) is 0 Å². The summed E-state index contributed by atoms with van der Waals surface area (Å²) < 4.78 is 1.10. The van der Waals surface area contributed by atoms with Crippen LogP contribution in [-0.4, -0.2) is 8.07 Å². The van der Waals surface area contributed by atoms with Crippen molar-refractivity contribution in [2.24, 2.45) is 0 Å². The molecule has 0 aliphatic heterocycles. The van der Waals surface area contributed by atoms with Gasteiger partial charge in [-0.15, -0.1) is 0 Å². The van der Waals surface area contributed by atoms with Crippen LogP contribution in [0.25, 0.3) is 11.1 Å². The quantitative estimate of drug-likeness (QED) is 0.225. The first-order valence-corrected chi connectivity index (χ1v) is 13.6. The van der Waals surface area contributed by atoms with E-state index < -0.39 is 8.07 Å². The van der Waals surface area contributed by atoms with Gasteiger partial charge < -0.3 is 0 Å². The second-order valence-electron chi connectivity index (χ2n) is 7.94.